The molecule has 2 rings (SSSR count). The average Bonchev–Trinajstić information content (AvgIpc) is 2.39. The van der Waals surface area contributed by atoms with Crippen molar-refractivity contribution >= 4 is 17.4 Å². The van der Waals surface area contributed by atoms with Crippen molar-refractivity contribution in [3.63, 3.8) is 0 Å². The molecule has 94 valence electrons. The van der Waals surface area contributed by atoms with Gasteiger partial charge >= 0.3 is 0 Å². The molecule has 0 atom stereocenters. The van der Waals surface area contributed by atoms with Gasteiger partial charge in [0.1, 0.15) is 5.82 Å². The van der Waals surface area contributed by atoms with Gasteiger partial charge in [-0.3, -0.25) is 0 Å². The minimum absolute atomic E-state index is 0.233. The van der Waals surface area contributed by atoms with Gasteiger partial charge in [-0.2, -0.15) is 0 Å². The predicted octanol–water partition coefficient (Wildman–Crippen LogP) is 1.72. The lowest BCUT2D eigenvalue weighted by Crippen LogP contribution is -2.23. The number of hydrazine groups is 1. The summed E-state index contributed by atoms with van der Waals surface area (Å²) in [7, 11) is 0. The summed E-state index contributed by atoms with van der Waals surface area (Å²) >= 11 is 6.04. The van der Waals surface area contributed by atoms with Crippen LogP contribution in [-0.2, 0) is 16.1 Å². The molecule has 2 heterocycles. The molecule has 17 heavy (non-hydrogen) atoms. The standard InChI is InChI=1S/C11H16ClN3O2/c12-9-1-2-11(15-13)14-10(9)7-17-8-3-5-16-6-4-8/h1-2,8H,3-7,13H2,(H,14,15). The lowest BCUT2D eigenvalue weighted by Gasteiger charge is -2.22. The third-order valence-corrected chi connectivity index (χ3v) is 3.03. The van der Waals surface area contributed by atoms with E-state index in [0.717, 1.165) is 26.1 Å². The van der Waals surface area contributed by atoms with Gasteiger partial charge in [-0.1, -0.05) is 11.6 Å². The van der Waals surface area contributed by atoms with Crippen molar-refractivity contribution in [2.24, 2.45) is 5.84 Å². The molecule has 0 spiro atoms. The lowest BCUT2D eigenvalue weighted by atomic mass is 10.1. The number of rotatable bonds is 4. The molecule has 1 fully saturated rings. The van der Waals surface area contributed by atoms with Gasteiger partial charge in [0.15, 0.2) is 0 Å². The van der Waals surface area contributed by atoms with Crippen LogP contribution in [0.25, 0.3) is 0 Å². The SMILES string of the molecule is NNc1ccc(Cl)c(COC2CCOCC2)n1. The van der Waals surface area contributed by atoms with Crippen molar-refractivity contribution in [2.75, 3.05) is 18.6 Å². The van der Waals surface area contributed by atoms with Gasteiger partial charge < -0.3 is 14.9 Å². The predicted molar refractivity (Wildman–Crippen MR) is 65.7 cm³/mol. The number of nitrogens with two attached hydrogens (primary N) is 1. The number of ether oxygens (including phenoxy) is 2. The maximum Gasteiger partial charge on any atom is 0.140 e. The van der Waals surface area contributed by atoms with E-state index in [9.17, 15) is 0 Å². The van der Waals surface area contributed by atoms with Crippen molar-refractivity contribution in [3.05, 3.63) is 22.8 Å². The largest absolute Gasteiger partial charge is 0.381 e. The van der Waals surface area contributed by atoms with E-state index in [1.807, 2.05) is 0 Å². The Balaban J connectivity index is 1.92. The average molecular weight is 258 g/mol. The zero-order chi connectivity index (χ0) is 12.1. The van der Waals surface area contributed by atoms with E-state index in [0.29, 0.717) is 23.1 Å². The van der Waals surface area contributed by atoms with E-state index in [2.05, 4.69) is 10.4 Å². The number of halogens is 1. The zero-order valence-electron chi connectivity index (χ0n) is 9.49. The number of nitrogens with zero attached hydrogens (tertiary/aromatic N) is 1. The van der Waals surface area contributed by atoms with Crippen LogP contribution in [0.4, 0.5) is 5.82 Å². The zero-order valence-corrected chi connectivity index (χ0v) is 10.2. The number of nitrogen functional groups attached to an aromatic ring is 1. The molecule has 0 unspecified atom stereocenters. The Kier molecular flexibility index (Phi) is 4.56. The van der Waals surface area contributed by atoms with Gasteiger partial charge in [0.2, 0.25) is 0 Å². The monoisotopic (exact) mass is 257 g/mol. The summed E-state index contributed by atoms with van der Waals surface area (Å²) in [5, 5.41) is 0.594. The van der Waals surface area contributed by atoms with Gasteiger partial charge in [0.25, 0.3) is 0 Å². The molecule has 0 radical (unpaired) electrons. The number of hydrogen-bond donors (Lipinski definition) is 2. The van der Waals surface area contributed by atoms with Crippen LogP contribution < -0.4 is 11.3 Å². The van der Waals surface area contributed by atoms with Crippen LogP contribution in [0.3, 0.4) is 0 Å². The highest BCUT2D eigenvalue weighted by Crippen LogP contribution is 2.19. The van der Waals surface area contributed by atoms with Crippen LogP contribution in [0, 0.1) is 0 Å². The van der Waals surface area contributed by atoms with Crippen LogP contribution in [0.15, 0.2) is 12.1 Å². The molecule has 0 bridgehead atoms. The van der Waals surface area contributed by atoms with E-state index in [4.69, 9.17) is 26.9 Å². The third kappa shape index (κ3) is 3.54. The Bertz CT molecular complexity index is 370. The summed E-state index contributed by atoms with van der Waals surface area (Å²) < 4.78 is 11.0. The summed E-state index contributed by atoms with van der Waals surface area (Å²) in [4.78, 5) is 4.25. The maximum absolute atomic E-state index is 6.04. The molecule has 0 amide bonds. The Morgan fingerprint density at radius 1 is 1.47 bits per heavy atom. The second kappa shape index (κ2) is 6.16. The fourth-order valence-corrected chi connectivity index (χ4v) is 1.87. The molecule has 1 aromatic rings. The first-order valence-corrected chi connectivity index (χ1v) is 5.99. The van der Waals surface area contributed by atoms with Crippen molar-refractivity contribution in [1.82, 2.24) is 4.98 Å². The van der Waals surface area contributed by atoms with Crippen molar-refractivity contribution in [3.8, 4) is 0 Å². The van der Waals surface area contributed by atoms with Gasteiger partial charge in [-0.05, 0) is 25.0 Å². The summed E-state index contributed by atoms with van der Waals surface area (Å²) in [5.41, 5.74) is 3.19. The van der Waals surface area contributed by atoms with E-state index in [1.165, 1.54) is 0 Å². The molecular formula is C11H16ClN3O2. The Morgan fingerprint density at radius 3 is 2.94 bits per heavy atom. The summed E-state index contributed by atoms with van der Waals surface area (Å²) in [6.45, 7) is 1.92. The summed E-state index contributed by atoms with van der Waals surface area (Å²) in [5.74, 6) is 5.88. The minimum atomic E-state index is 0.233. The lowest BCUT2D eigenvalue weighted by molar-refractivity contribution is -0.0399. The number of hydrogen-bond acceptors (Lipinski definition) is 5. The Labute approximate surface area is 105 Å². The number of anilines is 1. The topological polar surface area (TPSA) is 69.4 Å². The number of pyridine rings is 1. The van der Waals surface area contributed by atoms with E-state index in [1.54, 1.807) is 12.1 Å². The fourth-order valence-electron chi connectivity index (χ4n) is 1.71. The molecule has 1 aliphatic rings. The molecular weight excluding hydrogens is 242 g/mol. The van der Waals surface area contributed by atoms with E-state index >= 15 is 0 Å². The van der Waals surface area contributed by atoms with Gasteiger partial charge in [-0.25, -0.2) is 10.8 Å². The number of aromatic nitrogens is 1. The first kappa shape index (κ1) is 12.6. The quantitative estimate of drug-likeness (QED) is 0.635. The van der Waals surface area contributed by atoms with Crippen molar-refractivity contribution in [2.45, 2.75) is 25.6 Å². The Hall–Kier alpha value is -0.880. The first-order chi connectivity index (χ1) is 8.29. The Morgan fingerprint density at radius 2 is 2.24 bits per heavy atom. The molecule has 1 saturated heterocycles. The molecule has 0 aliphatic carbocycles. The molecule has 0 aromatic carbocycles. The normalized spacial score (nSPS) is 17.1. The van der Waals surface area contributed by atoms with Crippen molar-refractivity contribution in [1.29, 1.82) is 0 Å². The second-order valence-corrected chi connectivity index (χ2v) is 4.30. The van der Waals surface area contributed by atoms with E-state index in [-0.39, 0.29) is 6.10 Å². The maximum atomic E-state index is 6.04. The summed E-state index contributed by atoms with van der Waals surface area (Å²) in [6, 6.07) is 3.48. The van der Waals surface area contributed by atoms with Crippen LogP contribution in [0.1, 0.15) is 18.5 Å². The highest BCUT2D eigenvalue weighted by molar-refractivity contribution is 6.31. The van der Waals surface area contributed by atoms with Crippen LogP contribution in [0.2, 0.25) is 5.02 Å². The molecule has 1 aliphatic heterocycles. The molecule has 5 nitrogen and oxygen atoms in total. The highest BCUT2D eigenvalue weighted by atomic mass is 35.5. The molecule has 3 N–H and O–H groups in total. The number of nitrogens with one attached hydrogen (secondary N) is 1. The van der Waals surface area contributed by atoms with Crippen LogP contribution in [0.5, 0.6) is 0 Å². The highest BCUT2D eigenvalue weighted by Gasteiger charge is 2.15. The van der Waals surface area contributed by atoms with Crippen LogP contribution >= 0.6 is 11.6 Å². The van der Waals surface area contributed by atoms with E-state index < -0.39 is 0 Å². The van der Waals surface area contributed by atoms with Crippen molar-refractivity contribution < 1.29 is 9.47 Å². The van der Waals surface area contributed by atoms with Crippen LogP contribution in [-0.4, -0.2) is 24.3 Å². The fraction of sp³-hybridized carbons (Fsp3) is 0.545. The minimum Gasteiger partial charge on any atom is -0.381 e. The van der Waals surface area contributed by atoms with Gasteiger partial charge in [0, 0.05) is 13.2 Å². The third-order valence-electron chi connectivity index (χ3n) is 2.69. The smallest absolute Gasteiger partial charge is 0.140 e. The first-order valence-electron chi connectivity index (χ1n) is 5.61. The molecule has 1 aromatic heterocycles. The summed E-state index contributed by atoms with van der Waals surface area (Å²) in [6.07, 6.45) is 2.08. The van der Waals surface area contributed by atoms with Gasteiger partial charge in [0.05, 0.1) is 23.4 Å². The molecule has 6 heteroatoms. The molecule has 0 saturated carbocycles. The second-order valence-electron chi connectivity index (χ2n) is 3.89. The van der Waals surface area contributed by atoms with Gasteiger partial charge in [-0.15, -0.1) is 0 Å².